The van der Waals surface area contributed by atoms with E-state index in [4.69, 9.17) is 8.85 Å². The van der Waals surface area contributed by atoms with E-state index in [1.807, 2.05) is 24.3 Å². The summed E-state index contributed by atoms with van der Waals surface area (Å²) >= 11 is 0. The Bertz CT molecular complexity index is 902. The van der Waals surface area contributed by atoms with Crippen LogP contribution in [-0.2, 0) is 22.1 Å². The van der Waals surface area contributed by atoms with Crippen LogP contribution >= 0.6 is 0 Å². The lowest BCUT2D eigenvalue weighted by atomic mass is 10.0. The predicted octanol–water partition coefficient (Wildman–Crippen LogP) is 6.75. The number of hydrogen-bond acceptors (Lipinski definition) is 6. The molecule has 0 radical (unpaired) electrons. The van der Waals surface area contributed by atoms with Crippen LogP contribution in [0.3, 0.4) is 0 Å². The first-order valence-corrected chi connectivity index (χ1v) is 17.3. The Morgan fingerprint density at radius 3 is 1.45 bits per heavy atom. The lowest BCUT2D eigenvalue weighted by Gasteiger charge is -2.36. The van der Waals surface area contributed by atoms with Crippen LogP contribution in [0.4, 0.5) is 0 Å². The normalized spacial score (nSPS) is 13.2. The van der Waals surface area contributed by atoms with E-state index in [9.17, 15) is 5.21 Å². The molecule has 2 heterocycles. The molecule has 8 heteroatoms. The third-order valence-electron chi connectivity index (χ3n) is 7.12. The van der Waals surface area contributed by atoms with Crippen LogP contribution in [-0.4, -0.2) is 37.5 Å². The molecule has 2 aromatic heterocycles. The smallest absolute Gasteiger partial charge is 0.192 e. The van der Waals surface area contributed by atoms with Crippen molar-refractivity contribution < 1.29 is 14.1 Å². The highest BCUT2D eigenvalue weighted by Crippen LogP contribution is 2.38. The molecular formula is C25H41N3O3Si2. The topological polar surface area (TPSA) is 76.8 Å². The molecule has 2 aromatic rings. The minimum Gasteiger partial charge on any atom is -0.412 e. The Kier molecular flexibility index (Phi) is 8.43. The van der Waals surface area contributed by atoms with Gasteiger partial charge in [-0.15, -0.1) is 0 Å². The Balaban J connectivity index is 2.38. The van der Waals surface area contributed by atoms with E-state index in [1.165, 1.54) is 0 Å². The van der Waals surface area contributed by atoms with Crippen molar-refractivity contribution in [3.63, 3.8) is 0 Å². The highest BCUT2D eigenvalue weighted by molar-refractivity contribution is 6.74. The van der Waals surface area contributed by atoms with Gasteiger partial charge in [0, 0.05) is 23.5 Å². The molecule has 0 aromatic carbocycles. The van der Waals surface area contributed by atoms with E-state index in [1.54, 1.807) is 12.4 Å². The lowest BCUT2D eigenvalue weighted by molar-refractivity contribution is 0.275. The summed E-state index contributed by atoms with van der Waals surface area (Å²) in [4.78, 5) is 9.10. The molecule has 182 valence electrons. The molecule has 0 spiro atoms. The first-order valence-electron chi connectivity index (χ1n) is 11.5. The van der Waals surface area contributed by atoms with Gasteiger partial charge in [0.1, 0.15) is 0 Å². The molecule has 0 bridgehead atoms. The number of hydrogen-bond donors (Lipinski definition) is 1. The zero-order chi connectivity index (χ0) is 25.1. The maximum Gasteiger partial charge on any atom is 0.192 e. The second kappa shape index (κ2) is 10.2. The summed E-state index contributed by atoms with van der Waals surface area (Å²) in [5, 5.41) is 13.9. The molecule has 2 rings (SSSR count). The van der Waals surface area contributed by atoms with Gasteiger partial charge in [-0.3, -0.25) is 9.97 Å². The fraction of sp³-hybridized carbons (Fsp3) is 0.560. The third kappa shape index (κ3) is 6.59. The Morgan fingerprint density at radius 1 is 0.788 bits per heavy atom. The largest absolute Gasteiger partial charge is 0.412 e. The van der Waals surface area contributed by atoms with E-state index in [-0.39, 0.29) is 10.1 Å². The van der Waals surface area contributed by atoms with Crippen molar-refractivity contribution in [1.82, 2.24) is 9.97 Å². The van der Waals surface area contributed by atoms with E-state index in [0.29, 0.717) is 30.3 Å². The molecule has 0 saturated carbocycles. The van der Waals surface area contributed by atoms with Crippen molar-refractivity contribution in [3.8, 4) is 0 Å². The van der Waals surface area contributed by atoms with E-state index >= 15 is 0 Å². The maximum absolute atomic E-state index is 10.0. The zero-order valence-corrected chi connectivity index (χ0v) is 24.0. The standard InChI is InChI=1S/C25H41N3O3Si2/c1-24(2,3)32(7,8)30-17-19-13-11-15-26-21(19)23(28-29)22-20(14-12-16-27-22)18-31-33(9,10)25(4,5)6/h11-16,29H,17-18H2,1-10H3. The van der Waals surface area contributed by atoms with Gasteiger partial charge in [-0.05, 0) is 48.4 Å². The predicted molar refractivity (Wildman–Crippen MR) is 140 cm³/mol. The minimum atomic E-state index is -1.96. The van der Waals surface area contributed by atoms with E-state index < -0.39 is 16.6 Å². The Hall–Kier alpha value is -1.88. The number of aromatic nitrogens is 2. The Morgan fingerprint density at radius 2 is 1.15 bits per heavy atom. The summed E-state index contributed by atoms with van der Waals surface area (Å²) in [5.74, 6) is 0. The third-order valence-corrected chi connectivity index (χ3v) is 16.1. The van der Waals surface area contributed by atoms with Gasteiger partial charge in [0.15, 0.2) is 22.3 Å². The van der Waals surface area contributed by atoms with Crippen molar-refractivity contribution >= 4 is 22.3 Å². The SMILES string of the molecule is CC(C)(C)[Si](C)(C)OCc1cccnc1C(=NO)c1ncccc1CO[Si](C)(C)C(C)(C)C. The van der Waals surface area contributed by atoms with Crippen LogP contribution in [0.2, 0.25) is 36.3 Å². The summed E-state index contributed by atoms with van der Waals surface area (Å²) in [6.45, 7) is 23.0. The molecule has 6 nitrogen and oxygen atoms in total. The van der Waals surface area contributed by atoms with Crippen molar-refractivity contribution in [3.05, 3.63) is 59.2 Å². The van der Waals surface area contributed by atoms with Crippen LogP contribution in [0.25, 0.3) is 0 Å². The van der Waals surface area contributed by atoms with Crippen LogP contribution in [0.1, 0.15) is 64.1 Å². The first kappa shape index (κ1) is 27.4. The molecule has 0 fully saturated rings. The van der Waals surface area contributed by atoms with Crippen molar-refractivity contribution in [2.75, 3.05) is 0 Å². The van der Waals surface area contributed by atoms with Gasteiger partial charge in [-0.1, -0.05) is 58.8 Å². The average Bonchev–Trinajstić information content (AvgIpc) is 2.71. The number of nitrogens with zero attached hydrogens (tertiary/aromatic N) is 3. The monoisotopic (exact) mass is 487 g/mol. The van der Waals surface area contributed by atoms with Gasteiger partial charge >= 0.3 is 0 Å². The fourth-order valence-electron chi connectivity index (χ4n) is 2.69. The van der Waals surface area contributed by atoms with Gasteiger partial charge in [0.2, 0.25) is 0 Å². The summed E-state index contributed by atoms with van der Waals surface area (Å²) < 4.78 is 12.9. The van der Waals surface area contributed by atoms with Gasteiger partial charge < -0.3 is 14.1 Å². The summed E-state index contributed by atoms with van der Waals surface area (Å²) in [5.41, 5.74) is 3.23. The van der Waals surface area contributed by atoms with Crippen LogP contribution in [0, 0.1) is 0 Å². The summed E-state index contributed by atoms with van der Waals surface area (Å²) in [6, 6.07) is 7.69. The molecule has 0 aliphatic heterocycles. The van der Waals surface area contributed by atoms with Crippen molar-refractivity contribution in [2.45, 2.75) is 91.0 Å². The molecule has 0 unspecified atom stereocenters. The zero-order valence-electron chi connectivity index (χ0n) is 22.0. The van der Waals surface area contributed by atoms with Gasteiger partial charge in [0.05, 0.1) is 24.6 Å². The van der Waals surface area contributed by atoms with Crippen LogP contribution < -0.4 is 0 Å². The molecule has 0 aliphatic carbocycles. The van der Waals surface area contributed by atoms with Crippen LogP contribution in [0.15, 0.2) is 41.8 Å². The van der Waals surface area contributed by atoms with E-state index in [0.717, 1.165) is 11.1 Å². The van der Waals surface area contributed by atoms with E-state index in [2.05, 4.69) is 82.9 Å². The second-order valence-electron chi connectivity index (χ2n) is 11.6. The fourth-order valence-corrected chi connectivity index (χ4v) is 4.59. The van der Waals surface area contributed by atoms with Crippen LogP contribution in [0.5, 0.6) is 0 Å². The maximum atomic E-state index is 10.0. The van der Waals surface area contributed by atoms with Crippen molar-refractivity contribution in [2.24, 2.45) is 5.16 Å². The minimum absolute atomic E-state index is 0.0957. The highest BCUT2D eigenvalue weighted by Gasteiger charge is 2.38. The number of rotatable bonds is 8. The first-order chi connectivity index (χ1) is 15.1. The Labute approximate surface area is 201 Å². The molecule has 0 atom stereocenters. The lowest BCUT2D eigenvalue weighted by Crippen LogP contribution is -2.40. The molecule has 33 heavy (non-hydrogen) atoms. The average molecular weight is 488 g/mol. The molecular weight excluding hydrogens is 446 g/mol. The quantitative estimate of drug-likeness (QED) is 0.193. The molecule has 0 amide bonds. The van der Waals surface area contributed by atoms with Gasteiger partial charge in [0.25, 0.3) is 0 Å². The number of oxime groups is 1. The molecule has 1 N–H and O–H groups in total. The molecule has 0 aliphatic rings. The van der Waals surface area contributed by atoms with Crippen molar-refractivity contribution in [1.29, 1.82) is 0 Å². The summed E-state index contributed by atoms with van der Waals surface area (Å²) in [6.07, 6.45) is 3.40. The number of pyridine rings is 2. The molecule has 0 saturated heterocycles. The second-order valence-corrected chi connectivity index (χ2v) is 21.2. The highest BCUT2D eigenvalue weighted by atomic mass is 28.4. The van der Waals surface area contributed by atoms with Gasteiger partial charge in [-0.2, -0.15) is 0 Å². The van der Waals surface area contributed by atoms with Gasteiger partial charge in [-0.25, -0.2) is 0 Å². The summed E-state index contributed by atoms with van der Waals surface area (Å²) in [7, 11) is -3.92.